The molecular formula is C20H38N4O9. The normalized spacial score (nSPS) is 21.0. The molecule has 1 aliphatic rings. The Morgan fingerprint density at radius 2 is 1.67 bits per heavy atom. The third-order valence-electron chi connectivity index (χ3n) is 4.75. The molecule has 3 atom stereocenters. The van der Waals surface area contributed by atoms with Crippen molar-refractivity contribution in [3.8, 4) is 0 Å². The molecular weight excluding hydrogens is 440 g/mol. The zero-order valence-corrected chi connectivity index (χ0v) is 19.0. The fraction of sp³-hybridized carbons (Fsp3) is 0.900. The van der Waals surface area contributed by atoms with Gasteiger partial charge in [0, 0.05) is 13.2 Å². The fourth-order valence-corrected chi connectivity index (χ4v) is 2.94. The quantitative estimate of drug-likeness (QED) is 0.120. The van der Waals surface area contributed by atoms with Gasteiger partial charge in [0.05, 0.1) is 91.6 Å². The molecule has 0 aliphatic carbocycles. The Kier molecular flexibility index (Phi) is 15.4. The van der Waals surface area contributed by atoms with E-state index in [2.05, 4.69) is 15.6 Å². The van der Waals surface area contributed by atoms with Gasteiger partial charge in [-0.15, -0.1) is 5.10 Å². The Labute approximate surface area is 193 Å². The molecule has 0 radical (unpaired) electrons. The van der Waals surface area contributed by atoms with Gasteiger partial charge in [0.2, 0.25) is 0 Å². The van der Waals surface area contributed by atoms with Crippen LogP contribution in [0.4, 0.5) is 0 Å². The highest BCUT2D eigenvalue weighted by atomic mass is 16.6. The maximum absolute atomic E-state index is 9.79. The van der Waals surface area contributed by atoms with Gasteiger partial charge in [0.1, 0.15) is 17.9 Å². The summed E-state index contributed by atoms with van der Waals surface area (Å²) in [5, 5.41) is 38.8. The van der Waals surface area contributed by atoms with Gasteiger partial charge in [-0.1, -0.05) is 5.21 Å². The molecule has 4 N–H and O–H groups in total. The fourth-order valence-electron chi connectivity index (χ4n) is 2.94. The van der Waals surface area contributed by atoms with Crippen molar-refractivity contribution in [1.29, 1.82) is 0 Å². The second-order valence-electron chi connectivity index (χ2n) is 7.35. The predicted molar refractivity (Wildman–Crippen MR) is 114 cm³/mol. The zero-order valence-electron chi connectivity index (χ0n) is 19.0. The molecule has 1 fully saturated rings. The first-order chi connectivity index (χ1) is 16.2. The van der Waals surface area contributed by atoms with Gasteiger partial charge in [-0.3, -0.25) is 5.32 Å². The van der Waals surface area contributed by atoms with Crippen molar-refractivity contribution in [1.82, 2.24) is 20.3 Å². The lowest BCUT2D eigenvalue weighted by Gasteiger charge is -2.31. The van der Waals surface area contributed by atoms with Gasteiger partial charge in [-0.25, -0.2) is 4.68 Å². The van der Waals surface area contributed by atoms with E-state index in [1.165, 1.54) is 0 Å². The van der Waals surface area contributed by atoms with E-state index >= 15 is 0 Å². The van der Waals surface area contributed by atoms with E-state index in [1.807, 2.05) is 6.20 Å². The number of aliphatic hydroxyl groups is 3. The van der Waals surface area contributed by atoms with Crippen LogP contribution >= 0.6 is 0 Å². The number of ether oxygens (including phenoxy) is 6. The molecule has 0 bridgehead atoms. The number of aliphatic hydroxyl groups excluding tert-OH is 3. The van der Waals surface area contributed by atoms with E-state index in [0.29, 0.717) is 85.6 Å². The monoisotopic (exact) mass is 478 g/mol. The van der Waals surface area contributed by atoms with Crippen LogP contribution in [0, 0.1) is 0 Å². The molecule has 2 heterocycles. The van der Waals surface area contributed by atoms with Gasteiger partial charge in [0.25, 0.3) is 0 Å². The van der Waals surface area contributed by atoms with Gasteiger partial charge in [-0.05, 0) is 6.42 Å². The Balaban J connectivity index is 1.32. The van der Waals surface area contributed by atoms with Crippen LogP contribution < -0.4 is 5.32 Å². The third kappa shape index (κ3) is 12.7. The largest absolute Gasteiger partial charge is 0.390 e. The molecule has 2 rings (SSSR count). The molecule has 1 aromatic heterocycles. The van der Waals surface area contributed by atoms with E-state index < -0.39 is 18.3 Å². The molecule has 192 valence electrons. The predicted octanol–water partition coefficient (Wildman–Crippen LogP) is -2.09. The maximum atomic E-state index is 9.79. The van der Waals surface area contributed by atoms with Crippen LogP contribution in [0.15, 0.2) is 6.20 Å². The Morgan fingerprint density at radius 1 is 0.970 bits per heavy atom. The minimum atomic E-state index is -0.908. The average molecular weight is 479 g/mol. The first-order valence-electron chi connectivity index (χ1n) is 11.3. The van der Waals surface area contributed by atoms with Crippen molar-refractivity contribution < 1.29 is 43.7 Å². The van der Waals surface area contributed by atoms with Gasteiger partial charge in [-0.2, -0.15) is 0 Å². The van der Waals surface area contributed by atoms with Gasteiger partial charge < -0.3 is 43.7 Å². The smallest absolute Gasteiger partial charge is 0.109 e. The molecule has 13 heteroatoms. The van der Waals surface area contributed by atoms with E-state index in [1.54, 1.807) is 4.68 Å². The first-order valence-corrected chi connectivity index (χ1v) is 11.3. The lowest BCUT2D eigenvalue weighted by Crippen LogP contribution is -2.46. The summed E-state index contributed by atoms with van der Waals surface area (Å²) >= 11 is 0. The molecule has 0 spiro atoms. The number of hydrogen-bond donors (Lipinski definition) is 4. The molecule has 13 nitrogen and oxygen atoms in total. The zero-order chi connectivity index (χ0) is 23.6. The lowest BCUT2D eigenvalue weighted by molar-refractivity contribution is -0.156. The van der Waals surface area contributed by atoms with Crippen LogP contribution in [0.3, 0.4) is 0 Å². The first kappa shape index (κ1) is 28.0. The molecule has 1 saturated heterocycles. The van der Waals surface area contributed by atoms with Crippen LogP contribution in [0.2, 0.25) is 0 Å². The van der Waals surface area contributed by atoms with Gasteiger partial charge >= 0.3 is 0 Å². The van der Waals surface area contributed by atoms with Crippen LogP contribution in [0.5, 0.6) is 0 Å². The maximum Gasteiger partial charge on any atom is 0.109 e. The van der Waals surface area contributed by atoms with Gasteiger partial charge in [0.15, 0.2) is 0 Å². The summed E-state index contributed by atoms with van der Waals surface area (Å²) < 4.78 is 34.3. The number of nitrogens with zero attached hydrogens (tertiary/aromatic N) is 3. The van der Waals surface area contributed by atoms with Crippen LogP contribution in [-0.4, -0.2) is 128 Å². The van der Waals surface area contributed by atoms with Crippen molar-refractivity contribution in [2.45, 2.75) is 37.9 Å². The Bertz CT molecular complexity index is 596. The van der Waals surface area contributed by atoms with E-state index in [4.69, 9.17) is 33.5 Å². The summed E-state index contributed by atoms with van der Waals surface area (Å²) in [6.45, 7) is 5.75. The van der Waals surface area contributed by atoms with Crippen molar-refractivity contribution in [3.63, 3.8) is 0 Å². The molecule has 33 heavy (non-hydrogen) atoms. The highest BCUT2D eigenvalue weighted by Crippen LogP contribution is 2.14. The molecule has 0 aromatic carbocycles. The van der Waals surface area contributed by atoms with Crippen molar-refractivity contribution >= 4 is 0 Å². The van der Waals surface area contributed by atoms with E-state index in [0.717, 1.165) is 5.69 Å². The Hall–Kier alpha value is -1.26. The van der Waals surface area contributed by atoms with E-state index in [9.17, 15) is 10.2 Å². The Morgan fingerprint density at radius 3 is 2.39 bits per heavy atom. The summed E-state index contributed by atoms with van der Waals surface area (Å²) in [7, 11) is 0. The third-order valence-corrected chi connectivity index (χ3v) is 4.75. The van der Waals surface area contributed by atoms with Crippen LogP contribution in [-0.2, 0) is 41.6 Å². The lowest BCUT2D eigenvalue weighted by atomic mass is 10.0. The van der Waals surface area contributed by atoms with E-state index in [-0.39, 0.29) is 13.3 Å². The SMILES string of the molecule is OCNCCOCc1cn(CCOCCOCCOCCOC[C@H]2OCCC(O)[C@H]2O)nn1. The van der Waals surface area contributed by atoms with Crippen LogP contribution in [0.1, 0.15) is 12.1 Å². The number of aromatic nitrogens is 3. The minimum absolute atomic E-state index is 0.0643. The number of rotatable bonds is 20. The minimum Gasteiger partial charge on any atom is -0.390 e. The highest BCUT2D eigenvalue weighted by Gasteiger charge is 2.31. The molecule has 1 aromatic rings. The second-order valence-corrected chi connectivity index (χ2v) is 7.35. The average Bonchev–Trinajstić information content (AvgIpc) is 3.27. The standard InChI is InChI=1S/C20H38N4O9/c25-16-21-2-5-31-14-17-13-24(23-22-17)3-6-28-7-8-29-9-10-30-11-12-32-15-19-20(27)18(26)1-4-33-19/h13,18-21,25-27H,1-12,14-16H2/t18?,19-,20-/m1/s1. The summed E-state index contributed by atoms with van der Waals surface area (Å²) in [5.74, 6) is 0. The molecule has 0 saturated carbocycles. The summed E-state index contributed by atoms with van der Waals surface area (Å²) in [6.07, 6.45) is 0.0970. The molecule has 1 unspecified atom stereocenters. The highest BCUT2D eigenvalue weighted by molar-refractivity contribution is 4.89. The number of nitrogens with one attached hydrogen (secondary N) is 1. The summed E-state index contributed by atoms with van der Waals surface area (Å²) in [4.78, 5) is 0. The van der Waals surface area contributed by atoms with Crippen molar-refractivity contribution in [2.24, 2.45) is 0 Å². The molecule has 0 amide bonds. The summed E-state index contributed by atoms with van der Waals surface area (Å²) in [5.41, 5.74) is 0.742. The molecule has 1 aliphatic heterocycles. The van der Waals surface area contributed by atoms with Crippen molar-refractivity contribution in [3.05, 3.63) is 11.9 Å². The number of hydrogen-bond acceptors (Lipinski definition) is 12. The summed E-state index contributed by atoms with van der Waals surface area (Å²) in [6, 6.07) is 0. The van der Waals surface area contributed by atoms with Crippen LogP contribution in [0.25, 0.3) is 0 Å². The second kappa shape index (κ2) is 18.1. The van der Waals surface area contributed by atoms with Crippen molar-refractivity contribution in [2.75, 3.05) is 79.3 Å². The topological polar surface area (TPSA) is 159 Å².